The summed E-state index contributed by atoms with van der Waals surface area (Å²) in [5.41, 5.74) is 5.96. The second-order valence-electron chi connectivity index (χ2n) is 9.61. The van der Waals surface area contributed by atoms with Crippen LogP contribution in [0.15, 0.2) is 60.7 Å². The summed E-state index contributed by atoms with van der Waals surface area (Å²) >= 11 is 0. The Morgan fingerprint density at radius 2 is 1.89 bits per heavy atom. The van der Waals surface area contributed by atoms with Crippen LogP contribution in [0.4, 0.5) is 15.8 Å². The van der Waals surface area contributed by atoms with E-state index in [0.717, 1.165) is 60.3 Å². The van der Waals surface area contributed by atoms with Crippen LogP contribution in [0.5, 0.6) is 0 Å². The Balaban J connectivity index is 1.42. The number of nitriles is 1. The molecule has 2 aliphatic rings. The molecule has 35 heavy (non-hydrogen) atoms. The van der Waals surface area contributed by atoms with Gasteiger partial charge < -0.3 is 14.7 Å². The highest BCUT2D eigenvalue weighted by atomic mass is 19.1. The van der Waals surface area contributed by atoms with Crippen molar-refractivity contribution in [3.63, 3.8) is 0 Å². The molecule has 1 fully saturated rings. The maximum Gasteiger partial charge on any atom is 0.249 e. The summed E-state index contributed by atoms with van der Waals surface area (Å²) in [6.45, 7) is 2.00. The molecule has 3 aromatic rings. The molecule has 2 heterocycles. The van der Waals surface area contributed by atoms with Crippen LogP contribution in [0, 0.1) is 17.1 Å². The van der Waals surface area contributed by atoms with Crippen molar-refractivity contribution in [1.82, 2.24) is 4.90 Å². The minimum absolute atomic E-state index is 0.0777. The van der Waals surface area contributed by atoms with Crippen LogP contribution < -0.4 is 9.80 Å². The lowest BCUT2D eigenvalue weighted by Crippen LogP contribution is -2.52. The zero-order chi connectivity index (χ0) is 24.5. The van der Waals surface area contributed by atoms with Crippen LogP contribution in [0.3, 0.4) is 0 Å². The molecule has 0 bridgehead atoms. The molecule has 5 nitrogen and oxygen atoms in total. The second-order valence-corrected chi connectivity index (χ2v) is 9.61. The van der Waals surface area contributed by atoms with Gasteiger partial charge in [-0.1, -0.05) is 36.4 Å². The van der Waals surface area contributed by atoms with E-state index in [2.05, 4.69) is 21.9 Å². The van der Waals surface area contributed by atoms with Crippen LogP contribution >= 0.6 is 0 Å². The predicted octanol–water partition coefficient (Wildman–Crippen LogP) is 4.98. The largest absolute Gasteiger partial charge is 0.359 e. The molecule has 0 spiro atoms. The molecule has 1 saturated heterocycles. The van der Waals surface area contributed by atoms with Crippen molar-refractivity contribution in [2.45, 2.75) is 31.8 Å². The van der Waals surface area contributed by atoms with Gasteiger partial charge in [0.05, 0.1) is 17.3 Å². The van der Waals surface area contributed by atoms with Gasteiger partial charge in [0.15, 0.2) is 0 Å². The molecule has 0 aliphatic carbocycles. The van der Waals surface area contributed by atoms with Crippen molar-refractivity contribution in [2.75, 3.05) is 37.0 Å². The highest BCUT2D eigenvalue weighted by Crippen LogP contribution is 2.36. The van der Waals surface area contributed by atoms with Crippen molar-refractivity contribution in [3.05, 3.63) is 83.2 Å². The zero-order valence-corrected chi connectivity index (χ0v) is 20.2. The maximum atomic E-state index is 15.5. The number of hydrogen-bond donors (Lipinski definition) is 0. The molecule has 178 valence electrons. The normalized spacial score (nSPS) is 17.6. The average molecular weight is 469 g/mol. The first kappa shape index (κ1) is 23.1. The van der Waals surface area contributed by atoms with E-state index in [0.29, 0.717) is 17.8 Å². The molecule has 1 unspecified atom stereocenters. The first-order chi connectivity index (χ1) is 17.0. The maximum absolute atomic E-state index is 15.5. The molecular formula is C29H29FN4O. The Morgan fingerprint density at radius 3 is 2.66 bits per heavy atom. The number of fused-ring (bicyclic) bond motifs is 1. The summed E-state index contributed by atoms with van der Waals surface area (Å²) in [5, 5.41) is 9.32. The van der Waals surface area contributed by atoms with E-state index >= 15 is 4.39 Å². The highest BCUT2D eigenvalue weighted by Gasteiger charge is 2.37. The summed E-state index contributed by atoms with van der Waals surface area (Å²) in [4.78, 5) is 19.4. The molecule has 1 amide bonds. The number of halogens is 1. The lowest BCUT2D eigenvalue weighted by atomic mass is 9.97. The molecule has 0 radical (unpaired) electrons. The lowest BCUT2D eigenvalue weighted by Gasteiger charge is -2.38. The topological polar surface area (TPSA) is 50.6 Å². The predicted molar refractivity (Wildman–Crippen MR) is 137 cm³/mol. The highest BCUT2D eigenvalue weighted by molar-refractivity contribution is 6.00. The molecule has 3 aromatic carbocycles. The number of amides is 1. The smallest absolute Gasteiger partial charge is 0.249 e. The van der Waals surface area contributed by atoms with Gasteiger partial charge in [0.1, 0.15) is 11.9 Å². The van der Waals surface area contributed by atoms with E-state index in [-0.39, 0.29) is 17.8 Å². The van der Waals surface area contributed by atoms with Gasteiger partial charge in [0.25, 0.3) is 0 Å². The number of carbonyl (C=O) groups is 1. The van der Waals surface area contributed by atoms with E-state index in [1.807, 2.05) is 56.6 Å². The molecule has 1 atom stereocenters. The Hall–Kier alpha value is -3.69. The number of piperidine rings is 1. The summed E-state index contributed by atoms with van der Waals surface area (Å²) in [7, 11) is 4.03. The number of rotatable bonds is 5. The Morgan fingerprint density at radius 1 is 1.06 bits per heavy atom. The molecule has 0 saturated carbocycles. The van der Waals surface area contributed by atoms with Crippen molar-refractivity contribution in [2.24, 2.45) is 0 Å². The van der Waals surface area contributed by atoms with Gasteiger partial charge in [-0.2, -0.15) is 5.26 Å². The van der Waals surface area contributed by atoms with E-state index in [1.54, 1.807) is 17.0 Å². The fourth-order valence-electron chi connectivity index (χ4n) is 5.36. The van der Waals surface area contributed by atoms with Crippen molar-refractivity contribution in [1.29, 1.82) is 5.26 Å². The van der Waals surface area contributed by atoms with Crippen molar-refractivity contribution in [3.8, 4) is 17.2 Å². The SMILES string of the molecule is CN(C)Cc1ccccc1-c1ccc(N2CCCC(N3CCc4ccc(C#N)cc43)C2=O)c(F)c1. The van der Waals surface area contributed by atoms with E-state index < -0.39 is 0 Å². The van der Waals surface area contributed by atoms with Crippen molar-refractivity contribution >= 4 is 17.3 Å². The molecule has 2 aliphatic heterocycles. The van der Waals surface area contributed by atoms with E-state index in [1.165, 1.54) is 0 Å². The standard InChI is InChI=1S/C29H29FN4O/c1-32(2)19-23-6-3-4-7-24(23)22-11-12-26(25(30)17-22)34-14-5-8-27(29(34)35)33-15-13-21-10-9-20(18-31)16-28(21)33/h3-4,6-7,9-12,16-17,27H,5,8,13-15,19H2,1-2H3. The van der Waals surface area contributed by atoms with E-state index in [4.69, 9.17) is 0 Å². The third-order valence-electron chi connectivity index (χ3n) is 6.99. The number of benzene rings is 3. The van der Waals surface area contributed by atoms with E-state index in [9.17, 15) is 10.1 Å². The summed E-state index contributed by atoms with van der Waals surface area (Å²) < 4.78 is 15.5. The van der Waals surface area contributed by atoms with Gasteiger partial charge in [-0.25, -0.2) is 4.39 Å². The number of anilines is 2. The van der Waals surface area contributed by atoms with Crippen molar-refractivity contribution < 1.29 is 9.18 Å². The Bertz CT molecular complexity index is 1310. The number of nitrogens with zero attached hydrogens (tertiary/aromatic N) is 4. The molecular weight excluding hydrogens is 439 g/mol. The first-order valence-electron chi connectivity index (χ1n) is 12.1. The molecule has 0 aromatic heterocycles. The van der Waals surface area contributed by atoms with Gasteiger partial charge in [0.2, 0.25) is 5.91 Å². The molecule has 6 heteroatoms. The zero-order valence-electron chi connectivity index (χ0n) is 20.2. The monoisotopic (exact) mass is 468 g/mol. The quantitative estimate of drug-likeness (QED) is 0.530. The average Bonchev–Trinajstić information content (AvgIpc) is 3.27. The van der Waals surface area contributed by atoms with Gasteiger partial charge >= 0.3 is 0 Å². The van der Waals surface area contributed by atoms with Crippen LogP contribution in [-0.4, -0.2) is 44.0 Å². The minimum atomic E-state index is -0.384. The van der Waals surface area contributed by atoms with Gasteiger partial charge in [-0.3, -0.25) is 4.79 Å². The summed E-state index contributed by atoms with van der Waals surface area (Å²) in [5.74, 6) is -0.462. The second kappa shape index (κ2) is 9.52. The van der Waals surface area contributed by atoms with Crippen LogP contribution in [-0.2, 0) is 17.8 Å². The summed E-state index contributed by atoms with van der Waals surface area (Å²) in [6.07, 6.45) is 2.37. The molecule has 5 rings (SSSR count). The fourth-order valence-corrected chi connectivity index (χ4v) is 5.36. The number of hydrogen-bond acceptors (Lipinski definition) is 4. The van der Waals surface area contributed by atoms with Gasteiger partial charge in [-0.15, -0.1) is 0 Å². The minimum Gasteiger partial charge on any atom is -0.359 e. The molecule has 0 N–H and O–H groups in total. The third kappa shape index (κ3) is 4.40. The summed E-state index contributed by atoms with van der Waals surface area (Å²) in [6, 6.07) is 20.7. The van der Waals surface area contributed by atoms with Gasteiger partial charge in [0, 0.05) is 25.3 Å². The fraction of sp³-hybridized carbons (Fsp3) is 0.310. The third-order valence-corrected chi connectivity index (χ3v) is 6.99. The van der Waals surface area contributed by atoms with Crippen LogP contribution in [0.25, 0.3) is 11.1 Å². The number of carbonyl (C=O) groups excluding carboxylic acids is 1. The van der Waals surface area contributed by atoms with Gasteiger partial charge in [-0.05, 0) is 79.9 Å². The first-order valence-corrected chi connectivity index (χ1v) is 12.1. The Labute approximate surface area is 206 Å². The lowest BCUT2D eigenvalue weighted by molar-refractivity contribution is -0.121. The van der Waals surface area contributed by atoms with Crippen LogP contribution in [0.2, 0.25) is 0 Å². The van der Waals surface area contributed by atoms with Crippen LogP contribution in [0.1, 0.15) is 29.5 Å². The Kier molecular flexibility index (Phi) is 6.27.